The van der Waals surface area contributed by atoms with Gasteiger partial charge in [-0.05, 0) is 60.0 Å². The van der Waals surface area contributed by atoms with Crippen LogP contribution in [-0.4, -0.2) is 27.3 Å². The SMILES string of the molecule is COc1ccc(C[NH+]2CCC[NH+](Cc3ccc(OC)cc3)C2c2cccs2)cc1. The van der Waals surface area contributed by atoms with Crippen molar-refractivity contribution < 1.29 is 19.3 Å². The Morgan fingerprint density at radius 2 is 1.31 bits per heavy atom. The van der Waals surface area contributed by atoms with Crippen molar-refractivity contribution in [3.05, 3.63) is 82.0 Å². The molecule has 0 saturated carbocycles. The molecule has 2 atom stereocenters. The van der Waals surface area contributed by atoms with Crippen molar-refractivity contribution in [3.63, 3.8) is 0 Å². The summed E-state index contributed by atoms with van der Waals surface area (Å²) in [5, 5.41) is 2.21. The van der Waals surface area contributed by atoms with Crippen LogP contribution in [0, 0.1) is 0 Å². The van der Waals surface area contributed by atoms with Crippen molar-refractivity contribution >= 4 is 11.3 Å². The number of quaternary nitrogens is 2. The van der Waals surface area contributed by atoms with Crippen LogP contribution in [0.5, 0.6) is 11.5 Å². The number of nitrogens with one attached hydrogen (secondary N) is 2. The smallest absolute Gasteiger partial charge is 0.250 e. The third kappa shape index (κ3) is 4.81. The number of methoxy groups -OCH3 is 2. The molecule has 5 heteroatoms. The van der Waals surface area contributed by atoms with Crippen LogP contribution < -0.4 is 19.3 Å². The number of benzene rings is 2. The van der Waals surface area contributed by atoms with Crippen molar-refractivity contribution in [2.24, 2.45) is 0 Å². The molecule has 0 aliphatic carbocycles. The highest BCUT2D eigenvalue weighted by Gasteiger charge is 2.38. The molecule has 2 N–H and O–H groups in total. The molecule has 152 valence electrons. The molecule has 2 heterocycles. The third-order valence-corrected chi connectivity index (χ3v) is 6.76. The van der Waals surface area contributed by atoms with E-state index in [-0.39, 0.29) is 0 Å². The van der Waals surface area contributed by atoms with E-state index in [9.17, 15) is 0 Å². The summed E-state index contributed by atoms with van der Waals surface area (Å²) in [4.78, 5) is 4.77. The van der Waals surface area contributed by atoms with Gasteiger partial charge in [-0.2, -0.15) is 0 Å². The Labute approximate surface area is 177 Å². The Bertz CT molecular complexity index is 821. The molecule has 29 heavy (non-hydrogen) atoms. The highest BCUT2D eigenvalue weighted by Crippen LogP contribution is 2.16. The van der Waals surface area contributed by atoms with Gasteiger partial charge in [0.05, 0.1) is 27.3 Å². The predicted molar refractivity (Wildman–Crippen MR) is 117 cm³/mol. The second kappa shape index (κ2) is 9.44. The Morgan fingerprint density at radius 3 is 1.72 bits per heavy atom. The van der Waals surface area contributed by atoms with Crippen LogP contribution in [-0.2, 0) is 13.1 Å². The van der Waals surface area contributed by atoms with E-state index in [0.29, 0.717) is 6.17 Å². The molecule has 0 radical (unpaired) electrons. The summed E-state index contributed by atoms with van der Waals surface area (Å²) in [5.41, 5.74) is 2.74. The fraction of sp³-hybridized carbons (Fsp3) is 0.333. The van der Waals surface area contributed by atoms with Crippen LogP contribution in [0.25, 0.3) is 0 Å². The molecule has 1 aliphatic rings. The van der Waals surface area contributed by atoms with E-state index >= 15 is 0 Å². The van der Waals surface area contributed by atoms with Crippen molar-refractivity contribution in [2.75, 3.05) is 27.3 Å². The molecule has 0 spiro atoms. The minimum atomic E-state index is 0.466. The highest BCUT2D eigenvalue weighted by atomic mass is 32.1. The van der Waals surface area contributed by atoms with Gasteiger partial charge in [0.15, 0.2) is 0 Å². The maximum Gasteiger partial charge on any atom is 0.250 e. The van der Waals surface area contributed by atoms with Crippen LogP contribution in [0.3, 0.4) is 0 Å². The monoisotopic (exact) mass is 410 g/mol. The summed E-state index contributed by atoms with van der Waals surface area (Å²) >= 11 is 1.89. The maximum absolute atomic E-state index is 5.32. The fourth-order valence-corrected chi connectivity index (χ4v) is 5.31. The van der Waals surface area contributed by atoms with Crippen molar-refractivity contribution in [3.8, 4) is 11.5 Å². The Balaban J connectivity index is 1.55. The van der Waals surface area contributed by atoms with E-state index in [4.69, 9.17) is 9.47 Å². The quantitative estimate of drug-likeness (QED) is 0.626. The summed E-state index contributed by atoms with van der Waals surface area (Å²) in [6, 6.07) is 21.6. The summed E-state index contributed by atoms with van der Waals surface area (Å²) in [5.74, 6) is 1.84. The van der Waals surface area contributed by atoms with E-state index < -0.39 is 0 Å². The van der Waals surface area contributed by atoms with Crippen LogP contribution in [0.15, 0.2) is 66.0 Å². The van der Waals surface area contributed by atoms with Gasteiger partial charge in [-0.3, -0.25) is 9.80 Å². The molecule has 1 saturated heterocycles. The maximum atomic E-state index is 5.32. The van der Waals surface area contributed by atoms with Gasteiger partial charge in [0, 0.05) is 17.5 Å². The average molecular weight is 411 g/mol. The number of ether oxygens (including phenoxy) is 2. The van der Waals surface area contributed by atoms with E-state index in [2.05, 4.69) is 66.0 Å². The molecule has 0 bridgehead atoms. The molecule has 3 aromatic rings. The Morgan fingerprint density at radius 1 is 0.793 bits per heavy atom. The lowest BCUT2D eigenvalue weighted by Crippen LogP contribution is -3.32. The van der Waals surface area contributed by atoms with Gasteiger partial charge < -0.3 is 9.47 Å². The number of hydrogen-bond donors (Lipinski definition) is 2. The van der Waals surface area contributed by atoms with Gasteiger partial charge in [0.1, 0.15) is 29.5 Å². The second-order valence-electron chi connectivity index (χ2n) is 7.67. The average Bonchev–Trinajstić information content (AvgIpc) is 3.29. The van der Waals surface area contributed by atoms with Gasteiger partial charge in [-0.15, -0.1) is 11.3 Å². The Kier molecular flexibility index (Phi) is 6.49. The lowest BCUT2D eigenvalue weighted by Gasteiger charge is -2.37. The fourth-order valence-electron chi connectivity index (χ4n) is 4.37. The third-order valence-electron chi connectivity index (χ3n) is 5.82. The molecule has 2 unspecified atom stereocenters. The predicted octanol–water partition coefficient (Wildman–Crippen LogP) is 2.34. The summed E-state index contributed by atoms with van der Waals surface area (Å²) in [6.45, 7) is 4.50. The molecule has 0 amide bonds. The zero-order valence-corrected chi connectivity index (χ0v) is 18.0. The number of hydrogen-bond acceptors (Lipinski definition) is 3. The molecule has 1 fully saturated rings. The van der Waals surface area contributed by atoms with Crippen molar-refractivity contribution in [2.45, 2.75) is 25.7 Å². The van der Waals surface area contributed by atoms with E-state index in [1.54, 1.807) is 24.0 Å². The highest BCUT2D eigenvalue weighted by molar-refractivity contribution is 7.09. The van der Waals surface area contributed by atoms with Crippen LogP contribution in [0.1, 0.15) is 28.6 Å². The molecule has 1 aromatic heterocycles. The van der Waals surface area contributed by atoms with Gasteiger partial charge in [-0.25, -0.2) is 0 Å². The van der Waals surface area contributed by atoms with Crippen molar-refractivity contribution in [1.82, 2.24) is 0 Å². The minimum Gasteiger partial charge on any atom is -0.497 e. The van der Waals surface area contributed by atoms with Gasteiger partial charge >= 0.3 is 0 Å². The van der Waals surface area contributed by atoms with E-state index in [0.717, 1.165) is 24.6 Å². The van der Waals surface area contributed by atoms with Gasteiger partial charge in [0.2, 0.25) is 6.17 Å². The first-order valence-corrected chi connectivity index (χ1v) is 11.1. The van der Waals surface area contributed by atoms with Crippen LogP contribution >= 0.6 is 11.3 Å². The normalized spacial score (nSPS) is 21.7. The molecular weight excluding hydrogens is 380 g/mol. The van der Waals surface area contributed by atoms with Gasteiger partial charge in [-0.1, -0.05) is 6.07 Å². The Hall–Kier alpha value is -2.34. The lowest BCUT2D eigenvalue weighted by molar-refractivity contribution is -1.16. The summed E-state index contributed by atoms with van der Waals surface area (Å²) in [7, 11) is 3.44. The second-order valence-corrected chi connectivity index (χ2v) is 8.65. The lowest BCUT2D eigenvalue weighted by atomic mass is 10.1. The van der Waals surface area contributed by atoms with Crippen LogP contribution in [0.4, 0.5) is 0 Å². The van der Waals surface area contributed by atoms with Gasteiger partial charge in [0.25, 0.3) is 0 Å². The molecular formula is C24H30N2O2S+2. The minimum absolute atomic E-state index is 0.466. The number of thiophene rings is 1. The standard InChI is InChI=1S/C24H28N2O2S/c1-27-21-10-6-19(7-11-21)17-25-14-4-15-26(24(25)23-5-3-16-29-23)18-20-8-12-22(28-2)13-9-20/h3,5-13,16,24H,4,14-15,17-18H2,1-2H3/p+2. The first-order chi connectivity index (χ1) is 14.3. The number of rotatable bonds is 7. The molecule has 2 aromatic carbocycles. The van der Waals surface area contributed by atoms with Crippen molar-refractivity contribution in [1.29, 1.82) is 0 Å². The molecule has 4 rings (SSSR count). The summed E-state index contributed by atoms with van der Waals surface area (Å²) in [6.07, 6.45) is 1.71. The van der Waals surface area contributed by atoms with E-state index in [1.165, 1.54) is 35.5 Å². The zero-order chi connectivity index (χ0) is 20.1. The molecule has 4 nitrogen and oxygen atoms in total. The molecule has 1 aliphatic heterocycles. The summed E-state index contributed by atoms with van der Waals surface area (Å²) < 4.78 is 10.6. The van der Waals surface area contributed by atoms with E-state index in [1.807, 2.05) is 11.3 Å². The topological polar surface area (TPSA) is 27.3 Å². The first-order valence-electron chi connectivity index (χ1n) is 10.2. The van der Waals surface area contributed by atoms with Crippen LogP contribution in [0.2, 0.25) is 0 Å². The zero-order valence-electron chi connectivity index (χ0n) is 17.2. The largest absolute Gasteiger partial charge is 0.497 e. The first kappa shape index (κ1) is 20.0.